The Balaban J connectivity index is 0.000000175. The van der Waals surface area contributed by atoms with Gasteiger partial charge in [0.05, 0.1) is 12.1 Å². The number of carbonyl (C=O) groups is 4. The maximum atomic E-state index is 12.4. The first-order chi connectivity index (χ1) is 21.3. The summed E-state index contributed by atoms with van der Waals surface area (Å²) in [6.07, 6.45) is 4.82. The zero-order valence-electron chi connectivity index (χ0n) is 24.7. The van der Waals surface area contributed by atoms with E-state index in [2.05, 4.69) is 12.1 Å². The van der Waals surface area contributed by atoms with Gasteiger partial charge >= 0.3 is 0 Å². The van der Waals surface area contributed by atoms with Crippen LogP contribution in [0.4, 0.5) is 0 Å². The van der Waals surface area contributed by atoms with E-state index in [0.29, 0.717) is 49.7 Å². The molecule has 2 aliphatic rings. The molecule has 44 heavy (non-hydrogen) atoms. The highest BCUT2D eigenvalue weighted by Gasteiger charge is 2.43. The van der Waals surface area contributed by atoms with Crippen molar-refractivity contribution in [3.05, 3.63) is 96.1 Å². The lowest BCUT2D eigenvalue weighted by atomic mass is 9.81. The van der Waals surface area contributed by atoms with Crippen LogP contribution in [0.25, 0.3) is 21.5 Å². The van der Waals surface area contributed by atoms with Crippen molar-refractivity contribution >= 4 is 44.7 Å². The number of Topliss-reactive ketones (excluding diaryl/α,β-unsaturated/α-hetero) is 4. The molecule has 2 aliphatic carbocycles. The second-order valence-electron chi connectivity index (χ2n) is 11.9. The fourth-order valence-electron chi connectivity index (χ4n) is 6.40. The third kappa shape index (κ3) is 6.36. The van der Waals surface area contributed by atoms with Gasteiger partial charge < -0.3 is 0 Å². The maximum Gasteiger partial charge on any atom is 0.162 e. The quantitative estimate of drug-likeness (QED) is 0.194. The second kappa shape index (κ2) is 13.1. The van der Waals surface area contributed by atoms with Gasteiger partial charge in [-0.2, -0.15) is 10.5 Å². The molecule has 0 N–H and O–H groups in total. The molecular formula is C38H34N2O4. The smallest absolute Gasteiger partial charge is 0.162 e. The van der Waals surface area contributed by atoms with Crippen LogP contribution in [-0.4, -0.2) is 23.1 Å². The van der Waals surface area contributed by atoms with Crippen molar-refractivity contribution in [2.45, 2.75) is 64.2 Å². The summed E-state index contributed by atoms with van der Waals surface area (Å²) in [6, 6.07) is 31.4. The number of fused-ring (bicyclic) bond motifs is 2. The standard InChI is InChI=1S/2C19H17NO2/c2*20-13-19(10-3-6-18(19)22)11-9-17(21)16-8-7-14-4-1-2-5-15(14)12-16/h2*1-2,4-5,7-8,12H,3,6,9-11H2/t2*19-/m11/s1. The van der Waals surface area contributed by atoms with Gasteiger partial charge in [0, 0.05) is 36.8 Å². The van der Waals surface area contributed by atoms with Crippen molar-refractivity contribution in [2.75, 3.05) is 0 Å². The van der Waals surface area contributed by atoms with Crippen molar-refractivity contribution in [3.8, 4) is 12.1 Å². The van der Waals surface area contributed by atoms with Gasteiger partial charge in [-0.25, -0.2) is 0 Å². The molecule has 0 aromatic heterocycles. The third-order valence-corrected chi connectivity index (χ3v) is 9.21. The Hall–Kier alpha value is -4.94. The highest BCUT2D eigenvalue weighted by molar-refractivity contribution is 6.01. The lowest BCUT2D eigenvalue weighted by Crippen LogP contribution is -2.24. The van der Waals surface area contributed by atoms with Gasteiger partial charge in [-0.3, -0.25) is 19.2 Å². The predicted octanol–water partition coefficient (Wildman–Crippen LogP) is 8.13. The summed E-state index contributed by atoms with van der Waals surface area (Å²) in [7, 11) is 0. The van der Waals surface area contributed by atoms with Crippen molar-refractivity contribution in [2.24, 2.45) is 10.8 Å². The van der Waals surface area contributed by atoms with E-state index in [0.717, 1.165) is 34.4 Å². The molecule has 6 rings (SSSR count). The minimum Gasteiger partial charge on any atom is -0.298 e. The number of rotatable bonds is 8. The molecule has 6 nitrogen and oxygen atoms in total. The minimum absolute atomic E-state index is 0.0000723. The Morgan fingerprint density at radius 1 is 0.591 bits per heavy atom. The molecule has 2 fully saturated rings. The zero-order chi connectivity index (χ0) is 31.2. The van der Waals surface area contributed by atoms with E-state index in [1.807, 2.05) is 84.9 Å². The largest absolute Gasteiger partial charge is 0.298 e. The Morgan fingerprint density at radius 2 is 0.977 bits per heavy atom. The Bertz CT molecular complexity index is 1710. The molecule has 4 aromatic rings. The number of benzene rings is 4. The number of nitrogens with zero attached hydrogens (tertiary/aromatic N) is 2. The molecule has 0 unspecified atom stereocenters. The first-order valence-electron chi connectivity index (χ1n) is 15.2. The van der Waals surface area contributed by atoms with Crippen molar-refractivity contribution in [1.82, 2.24) is 0 Å². The molecule has 0 amide bonds. The summed E-state index contributed by atoms with van der Waals surface area (Å²) in [4.78, 5) is 48.6. The molecule has 4 aromatic carbocycles. The van der Waals surface area contributed by atoms with Crippen LogP contribution < -0.4 is 0 Å². The van der Waals surface area contributed by atoms with E-state index >= 15 is 0 Å². The van der Waals surface area contributed by atoms with Crippen LogP contribution >= 0.6 is 0 Å². The molecule has 2 atom stereocenters. The first-order valence-corrected chi connectivity index (χ1v) is 15.2. The highest BCUT2D eigenvalue weighted by atomic mass is 16.1. The Morgan fingerprint density at radius 3 is 1.32 bits per heavy atom. The van der Waals surface area contributed by atoms with Crippen LogP contribution in [-0.2, 0) is 9.59 Å². The summed E-state index contributed by atoms with van der Waals surface area (Å²) in [5, 5.41) is 22.9. The van der Waals surface area contributed by atoms with E-state index in [1.165, 1.54) is 0 Å². The van der Waals surface area contributed by atoms with Crippen molar-refractivity contribution in [3.63, 3.8) is 0 Å². The van der Waals surface area contributed by atoms with Crippen LogP contribution in [0.5, 0.6) is 0 Å². The molecule has 0 radical (unpaired) electrons. The molecule has 0 saturated heterocycles. The summed E-state index contributed by atoms with van der Waals surface area (Å²) >= 11 is 0. The molecule has 6 heteroatoms. The van der Waals surface area contributed by atoms with Gasteiger partial charge in [-0.15, -0.1) is 0 Å². The van der Waals surface area contributed by atoms with Crippen LogP contribution in [0.1, 0.15) is 84.9 Å². The lowest BCUT2D eigenvalue weighted by Gasteiger charge is -2.17. The van der Waals surface area contributed by atoms with Gasteiger partial charge in [0.25, 0.3) is 0 Å². The molecule has 0 heterocycles. The van der Waals surface area contributed by atoms with E-state index in [4.69, 9.17) is 0 Å². The molecular weight excluding hydrogens is 548 g/mol. The lowest BCUT2D eigenvalue weighted by molar-refractivity contribution is -0.124. The average Bonchev–Trinajstić information content (AvgIpc) is 3.63. The normalized spacial score (nSPS) is 21.0. The van der Waals surface area contributed by atoms with Crippen LogP contribution in [0.3, 0.4) is 0 Å². The molecule has 2 saturated carbocycles. The molecule has 0 bridgehead atoms. The number of nitriles is 2. The average molecular weight is 583 g/mol. The van der Waals surface area contributed by atoms with E-state index < -0.39 is 10.8 Å². The number of hydrogen-bond acceptors (Lipinski definition) is 6. The second-order valence-corrected chi connectivity index (χ2v) is 11.9. The van der Waals surface area contributed by atoms with E-state index in [1.54, 1.807) is 0 Å². The van der Waals surface area contributed by atoms with Gasteiger partial charge in [0.15, 0.2) is 23.1 Å². The SMILES string of the molecule is N#C[C@]1(CCC(=O)c2ccc3ccccc3c2)CCCC1=O.N#C[C@]1(CCC(=O)c2ccc3ccccc3c2)CCCC1=O. The molecule has 220 valence electrons. The van der Waals surface area contributed by atoms with Gasteiger partial charge in [0.2, 0.25) is 0 Å². The molecule has 0 aliphatic heterocycles. The van der Waals surface area contributed by atoms with Crippen molar-refractivity contribution < 1.29 is 19.2 Å². The maximum absolute atomic E-state index is 12.4. The van der Waals surface area contributed by atoms with Crippen LogP contribution in [0.2, 0.25) is 0 Å². The van der Waals surface area contributed by atoms with E-state index in [-0.39, 0.29) is 36.0 Å². The molecule has 0 spiro atoms. The Kier molecular flexibility index (Phi) is 9.12. The summed E-state index contributed by atoms with van der Waals surface area (Å²) in [5.41, 5.74) is -0.548. The van der Waals surface area contributed by atoms with Crippen LogP contribution in [0.15, 0.2) is 84.9 Å². The number of ketones is 4. The van der Waals surface area contributed by atoms with Crippen LogP contribution in [0, 0.1) is 33.5 Å². The first kappa shape index (κ1) is 30.5. The van der Waals surface area contributed by atoms with Crippen molar-refractivity contribution in [1.29, 1.82) is 10.5 Å². The summed E-state index contributed by atoms with van der Waals surface area (Å²) in [6.45, 7) is 0. The predicted molar refractivity (Wildman–Crippen MR) is 169 cm³/mol. The number of carbonyl (C=O) groups excluding carboxylic acids is 4. The topological polar surface area (TPSA) is 116 Å². The minimum atomic E-state index is -0.924. The third-order valence-electron chi connectivity index (χ3n) is 9.21. The monoisotopic (exact) mass is 582 g/mol. The summed E-state index contributed by atoms with van der Waals surface area (Å²) < 4.78 is 0. The van der Waals surface area contributed by atoms with E-state index in [9.17, 15) is 29.7 Å². The number of hydrogen-bond donors (Lipinski definition) is 0. The fourth-order valence-corrected chi connectivity index (χ4v) is 6.40. The Labute approximate surface area is 257 Å². The van der Waals surface area contributed by atoms with Gasteiger partial charge in [-0.05, 0) is 72.2 Å². The summed E-state index contributed by atoms with van der Waals surface area (Å²) in [5.74, 6) is 0.00257. The fraction of sp³-hybridized carbons (Fsp3) is 0.316. The van der Waals surface area contributed by atoms with Gasteiger partial charge in [-0.1, -0.05) is 72.8 Å². The zero-order valence-corrected chi connectivity index (χ0v) is 24.7. The van der Waals surface area contributed by atoms with Gasteiger partial charge in [0.1, 0.15) is 10.8 Å². The highest BCUT2D eigenvalue weighted by Crippen LogP contribution is 2.39.